The summed E-state index contributed by atoms with van der Waals surface area (Å²) in [5.41, 5.74) is 2.88. The number of hydrogen-bond donors (Lipinski definition) is 1. The van der Waals surface area contributed by atoms with Crippen molar-refractivity contribution < 1.29 is 9.53 Å². The van der Waals surface area contributed by atoms with E-state index >= 15 is 0 Å². The molecule has 1 aliphatic rings. The van der Waals surface area contributed by atoms with Gasteiger partial charge in [0.25, 0.3) is 5.91 Å². The molecule has 1 aromatic carbocycles. The van der Waals surface area contributed by atoms with Gasteiger partial charge in [0, 0.05) is 35.7 Å². The Morgan fingerprint density at radius 3 is 2.86 bits per heavy atom. The zero-order chi connectivity index (χ0) is 19.2. The number of carbonyl (C=O) groups is 1. The molecule has 0 unspecified atom stereocenters. The first kappa shape index (κ1) is 18.6. The molecular formula is C22H23N3O2S. The normalized spacial score (nSPS) is 13.0. The monoisotopic (exact) mass is 393 g/mol. The lowest BCUT2D eigenvalue weighted by Crippen LogP contribution is -2.25. The molecule has 2 heterocycles. The lowest BCUT2D eigenvalue weighted by Gasteiger charge is -2.08. The van der Waals surface area contributed by atoms with Crippen LogP contribution in [0.5, 0.6) is 5.88 Å². The van der Waals surface area contributed by atoms with E-state index in [0.29, 0.717) is 24.6 Å². The Morgan fingerprint density at radius 2 is 2.00 bits per heavy atom. The van der Waals surface area contributed by atoms with Crippen molar-refractivity contribution >= 4 is 17.2 Å². The Kier molecular flexibility index (Phi) is 5.97. The number of thiazole rings is 1. The average molecular weight is 394 g/mol. The Labute approximate surface area is 168 Å². The van der Waals surface area contributed by atoms with Crippen LogP contribution in [-0.2, 0) is 25.9 Å². The van der Waals surface area contributed by atoms with Crippen molar-refractivity contribution in [1.29, 1.82) is 0 Å². The number of carbonyl (C=O) groups excluding carboxylic acids is 1. The van der Waals surface area contributed by atoms with Crippen LogP contribution in [-0.4, -0.2) is 22.4 Å². The number of rotatable bonds is 7. The maximum atomic E-state index is 12.4. The smallest absolute Gasteiger partial charge is 0.251 e. The van der Waals surface area contributed by atoms with Gasteiger partial charge in [-0.1, -0.05) is 30.3 Å². The number of ether oxygens (including phenoxy) is 1. The first-order valence-electron chi connectivity index (χ1n) is 9.66. The molecule has 0 saturated carbocycles. The summed E-state index contributed by atoms with van der Waals surface area (Å²) in [4.78, 5) is 22.8. The Bertz CT molecular complexity index is 916. The van der Waals surface area contributed by atoms with Crippen molar-refractivity contribution in [3.8, 4) is 5.88 Å². The number of aryl methyl sites for hydroxylation is 2. The van der Waals surface area contributed by atoms with Crippen LogP contribution in [0.2, 0.25) is 0 Å². The summed E-state index contributed by atoms with van der Waals surface area (Å²) in [6.45, 7) is 1.00. The molecule has 0 bridgehead atoms. The van der Waals surface area contributed by atoms with Gasteiger partial charge in [0.1, 0.15) is 6.61 Å². The summed E-state index contributed by atoms with van der Waals surface area (Å²) in [6.07, 6.45) is 7.13. The number of nitrogens with zero attached hydrogens (tertiary/aromatic N) is 2. The van der Waals surface area contributed by atoms with E-state index in [4.69, 9.17) is 9.72 Å². The first-order valence-corrected chi connectivity index (χ1v) is 10.5. The molecular weight excluding hydrogens is 370 g/mol. The highest BCUT2D eigenvalue weighted by Gasteiger charge is 2.15. The number of aromatic nitrogens is 2. The number of pyridine rings is 1. The third-order valence-electron chi connectivity index (χ3n) is 4.74. The molecule has 0 radical (unpaired) electrons. The SMILES string of the molecule is O=C(NCCc1nc2c(s1)CCCC2)c1ccnc(OCc2ccccc2)c1. The Morgan fingerprint density at radius 1 is 1.14 bits per heavy atom. The van der Waals surface area contributed by atoms with Crippen molar-refractivity contribution in [2.75, 3.05) is 6.54 Å². The van der Waals surface area contributed by atoms with Gasteiger partial charge < -0.3 is 10.1 Å². The fourth-order valence-corrected chi connectivity index (χ4v) is 4.41. The highest BCUT2D eigenvalue weighted by Crippen LogP contribution is 2.26. The van der Waals surface area contributed by atoms with Gasteiger partial charge in [0.2, 0.25) is 5.88 Å². The van der Waals surface area contributed by atoms with Crippen molar-refractivity contribution in [3.05, 3.63) is 75.4 Å². The summed E-state index contributed by atoms with van der Waals surface area (Å²) >= 11 is 1.80. The van der Waals surface area contributed by atoms with Gasteiger partial charge in [-0.15, -0.1) is 11.3 Å². The van der Waals surface area contributed by atoms with Gasteiger partial charge in [-0.25, -0.2) is 9.97 Å². The van der Waals surface area contributed by atoms with Gasteiger partial charge in [-0.2, -0.15) is 0 Å². The molecule has 1 N–H and O–H groups in total. The average Bonchev–Trinajstić information content (AvgIpc) is 3.16. The van der Waals surface area contributed by atoms with Crippen LogP contribution in [0.1, 0.15) is 44.3 Å². The van der Waals surface area contributed by atoms with Crippen LogP contribution >= 0.6 is 11.3 Å². The first-order chi connectivity index (χ1) is 13.8. The minimum absolute atomic E-state index is 0.117. The van der Waals surface area contributed by atoms with Crippen LogP contribution in [0, 0.1) is 0 Å². The summed E-state index contributed by atoms with van der Waals surface area (Å²) in [5, 5.41) is 4.09. The number of benzene rings is 1. The molecule has 4 rings (SSSR count). The molecule has 0 spiro atoms. The van der Waals surface area contributed by atoms with E-state index in [2.05, 4.69) is 10.3 Å². The predicted molar refractivity (Wildman–Crippen MR) is 110 cm³/mol. The lowest BCUT2D eigenvalue weighted by atomic mass is 10.0. The third-order valence-corrected chi connectivity index (χ3v) is 5.96. The van der Waals surface area contributed by atoms with E-state index in [1.54, 1.807) is 29.7 Å². The van der Waals surface area contributed by atoms with Gasteiger partial charge >= 0.3 is 0 Å². The molecule has 0 atom stereocenters. The van der Waals surface area contributed by atoms with Crippen molar-refractivity contribution in [3.63, 3.8) is 0 Å². The molecule has 144 valence electrons. The summed E-state index contributed by atoms with van der Waals surface area (Å²) in [7, 11) is 0. The van der Waals surface area contributed by atoms with Gasteiger partial charge in [-0.05, 0) is 37.3 Å². The highest BCUT2D eigenvalue weighted by atomic mass is 32.1. The zero-order valence-electron chi connectivity index (χ0n) is 15.7. The van der Waals surface area contributed by atoms with Crippen LogP contribution in [0.25, 0.3) is 0 Å². The highest BCUT2D eigenvalue weighted by molar-refractivity contribution is 7.11. The molecule has 1 amide bonds. The second kappa shape index (κ2) is 8.97. The van der Waals surface area contributed by atoms with E-state index in [-0.39, 0.29) is 5.91 Å². The van der Waals surface area contributed by atoms with Crippen LogP contribution in [0.15, 0.2) is 48.7 Å². The molecule has 2 aromatic heterocycles. The predicted octanol–water partition coefficient (Wildman–Crippen LogP) is 3.97. The maximum Gasteiger partial charge on any atom is 0.251 e. The second-order valence-corrected chi connectivity index (χ2v) is 8.02. The van der Waals surface area contributed by atoms with E-state index in [9.17, 15) is 4.79 Å². The van der Waals surface area contributed by atoms with Crippen molar-refractivity contribution in [2.45, 2.75) is 38.7 Å². The largest absolute Gasteiger partial charge is 0.473 e. The number of amides is 1. The summed E-state index contributed by atoms with van der Waals surface area (Å²) in [5.74, 6) is 0.331. The molecule has 1 aliphatic carbocycles. The zero-order valence-corrected chi connectivity index (χ0v) is 16.5. The minimum Gasteiger partial charge on any atom is -0.473 e. The van der Waals surface area contributed by atoms with Crippen LogP contribution in [0.4, 0.5) is 0 Å². The quantitative estimate of drug-likeness (QED) is 0.660. The van der Waals surface area contributed by atoms with E-state index in [1.807, 2.05) is 30.3 Å². The topological polar surface area (TPSA) is 64.1 Å². The Hall–Kier alpha value is -2.73. The van der Waals surface area contributed by atoms with Crippen LogP contribution in [0.3, 0.4) is 0 Å². The maximum absolute atomic E-state index is 12.4. The minimum atomic E-state index is -0.117. The van der Waals surface area contributed by atoms with E-state index in [1.165, 1.54) is 23.4 Å². The lowest BCUT2D eigenvalue weighted by molar-refractivity contribution is 0.0953. The molecule has 3 aromatic rings. The molecule has 0 aliphatic heterocycles. The second-order valence-electron chi connectivity index (χ2n) is 6.85. The van der Waals surface area contributed by atoms with Gasteiger partial charge in [0.15, 0.2) is 0 Å². The molecule has 6 heteroatoms. The van der Waals surface area contributed by atoms with Crippen LogP contribution < -0.4 is 10.1 Å². The molecule has 0 saturated heterocycles. The number of hydrogen-bond acceptors (Lipinski definition) is 5. The van der Waals surface area contributed by atoms with E-state index in [0.717, 1.165) is 29.8 Å². The molecule has 28 heavy (non-hydrogen) atoms. The number of fused-ring (bicyclic) bond motifs is 1. The third kappa shape index (κ3) is 4.75. The summed E-state index contributed by atoms with van der Waals surface area (Å²) < 4.78 is 5.70. The number of nitrogens with one attached hydrogen (secondary N) is 1. The summed E-state index contributed by atoms with van der Waals surface area (Å²) in [6, 6.07) is 13.3. The van der Waals surface area contributed by atoms with E-state index < -0.39 is 0 Å². The fraction of sp³-hybridized carbons (Fsp3) is 0.318. The Balaban J connectivity index is 1.29. The standard InChI is InChI=1S/C22H23N3O2S/c26-22(24-13-11-21-25-18-8-4-5-9-19(18)28-21)17-10-12-23-20(14-17)27-15-16-6-2-1-3-7-16/h1-3,6-7,10,12,14H,4-5,8-9,11,13,15H2,(H,24,26). The van der Waals surface area contributed by atoms with Gasteiger partial charge in [-0.3, -0.25) is 4.79 Å². The molecule has 5 nitrogen and oxygen atoms in total. The van der Waals surface area contributed by atoms with Crippen molar-refractivity contribution in [2.24, 2.45) is 0 Å². The fourth-order valence-electron chi connectivity index (χ4n) is 3.26. The van der Waals surface area contributed by atoms with Gasteiger partial charge in [0.05, 0.1) is 10.7 Å². The van der Waals surface area contributed by atoms with Crippen molar-refractivity contribution in [1.82, 2.24) is 15.3 Å². The molecule has 0 fully saturated rings.